The summed E-state index contributed by atoms with van der Waals surface area (Å²) in [6, 6.07) is 6.67. The second kappa shape index (κ2) is 6.69. The molecule has 1 aromatic rings. The predicted molar refractivity (Wildman–Crippen MR) is 78.1 cm³/mol. The Bertz CT molecular complexity index is 346. The Labute approximate surface area is 117 Å². The Morgan fingerprint density at radius 1 is 1.35 bits per heavy atom. The Morgan fingerprint density at radius 2 is 2.06 bits per heavy atom. The van der Waals surface area contributed by atoms with E-state index < -0.39 is 0 Å². The number of hydrogen-bond acceptors (Lipinski definition) is 1. The van der Waals surface area contributed by atoms with Gasteiger partial charge in [-0.05, 0) is 29.5 Å². The molecule has 96 valence electrons. The zero-order valence-corrected chi connectivity index (χ0v) is 12.8. The average molecular weight is 350 g/mol. The molecule has 3 heteroatoms. The molecule has 0 aliphatic heterocycles. The molecular weight excluding hydrogens is 330 g/mol. The van der Waals surface area contributed by atoms with Crippen molar-refractivity contribution in [2.24, 2.45) is 5.41 Å². The molecule has 0 aromatic heterocycles. The molecule has 0 heterocycles. The van der Waals surface area contributed by atoms with Gasteiger partial charge in [0.2, 0.25) is 0 Å². The van der Waals surface area contributed by atoms with Crippen molar-refractivity contribution in [2.75, 3.05) is 11.0 Å². The fourth-order valence-corrected chi connectivity index (χ4v) is 2.21. The fourth-order valence-electron chi connectivity index (χ4n) is 1.44. The van der Waals surface area contributed by atoms with E-state index in [1.165, 1.54) is 6.07 Å². The molecule has 0 aliphatic carbocycles. The topological polar surface area (TPSA) is 9.23 Å². The second-order valence-electron chi connectivity index (χ2n) is 5.38. The van der Waals surface area contributed by atoms with E-state index in [0.717, 1.165) is 16.4 Å². The van der Waals surface area contributed by atoms with E-state index in [1.54, 1.807) is 12.1 Å². The summed E-state index contributed by atoms with van der Waals surface area (Å²) in [6.07, 6.45) is 1.00. The number of alkyl halides is 1. The van der Waals surface area contributed by atoms with Crippen molar-refractivity contribution in [1.82, 2.24) is 0 Å². The van der Waals surface area contributed by atoms with E-state index in [0.29, 0.717) is 6.61 Å². The first-order chi connectivity index (χ1) is 7.92. The van der Waals surface area contributed by atoms with Gasteiger partial charge in [-0.2, -0.15) is 0 Å². The fraction of sp³-hybridized carbons (Fsp3) is 0.571. The normalized spacial score (nSPS) is 13.7. The van der Waals surface area contributed by atoms with Crippen LogP contribution in [0.4, 0.5) is 4.39 Å². The SMILES string of the molecule is CC(C)(C)CCOC(CI)c1cccc(F)c1. The minimum Gasteiger partial charge on any atom is -0.373 e. The largest absolute Gasteiger partial charge is 0.373 e. The number of halogens is 2. The quantitative estimate of drug-likeness (QED) is 0.550. The maximum atomic E-state index is 13.1. The third-order valence-electron chi connectivity index (χ3n) is 2.53. The Balaban J connectivity index is 2.54. The molecule has 1 atom stereocenters. The van der Waals surface area contributed by atoms with Gasteiger partial charge in [-0.1, -0.05) is 55.5 Å². The van der Waals surface area contributed by atoms with Crippen LogP contribution in [0.15, 0.2) is 24.3 Å². The van der Waals surface area contributed by atoms with Gasteiger partial charge in [0.1, 0.15) is 5.82 Å². The molecule has 1 rings (SSSR count). The molecule has 1 unspecified atom stereocenters. The molecule has 0 fully saturated rings. The smallest absolute Gasteiger partial charge is 0.123 e. The van der Waals surface area contributed by atoms with Crippen LogP contribution in [0, 0.1) is 11.2 Å². The summed E-state index contributed by atoms with van der Waals surface area (Å²) in [4.78, 5) is 0. The lowest BCUT2D eigenvalue weighted by Gasteiger charge is -2.21. The first-order valence-corrected chi connectivity index (χ1v) is 7.38. The van der Waals surface area contributed by atoms with E-state index in [2.05, 4.69) is 43.4 Å². The van der Waals surface area contributed by atoms with Gasteiger partial charge >= 0.3 is 0 Å². The lowest BCUT2D eigenvalue weighted by molar-refractivity contribution is 0.0529. The van der Waals surface area contributed by atoms with Crippen molar-refractivity contribution in [2.45, 2.75) is 33.3 Å². The molecule has 1 nitrogen and oxygen atoms in total. The number of rotatable bonds is 5. The highest BCUT2D eigenvalue weighted by Gasteiger charge is 2.14. The zero-order chi connectivity index (χ0) is 12.9. The van der Waals surface area contributed by atoms with E-state index >= 15 is 0 Å². The van der Waals surface area contributed by atoms with Gasteiger partial charge in [0, 0.05) is 11.0 Å². The van der Waals surface area contributed by atoms with Crippen LogP contribution in [0.3, 0.4) is 0 Å². The molecule has 0 spiro atoms. The summed E-state index contributed by atoms with van der Waals surface area (Å²) < 4.78 is 19.8. The minimum atomic E-state index is -0.197. The number of hydrogen-bond donors (Lipinski definition) is 0. The molecule has 0 N–H and O–H groups in total. The third kappa shape index (κ3) is 5.82. The molecular formula is C14H20FIO. The van der Waals surface area contributed by atoms with Crippen LogP contribution in [-0.2, 0) is 4.74 Å². The maximum Gasteiger partial charge on any atom is 0.123 e. The highest BCUT2D eigenvalue weighted by atomic mass is 127. The summed E-state index contributed by atoms with van der Waals surface area (Å²) in [5.74, 6) is -0.197. The Kier molecular flexibility index (Phi) is 5.86. The van der Waals surface area contributed by atoms with Crippen molar-refractivity contribution in [3.63, 3.8) is 0 Å². The first kappa shape index (κ1) is 14.9. The van der Waals surface area contributed by atoms with Crippen molar-refractivity contribution >= 4 is 22.6 Å². The summed E-state index contributed by atoms with van der Waals surface area (Å²) in [7, 11) is 0. The molecule has 0 amide bonds. The van der Waals surface area contributed by atoms with Crippen molar-refractivity contribution in [3.8, 4) is 0 Å². The third-order valence-corrected chi connectivity index (χ3v) is 3.33. The van der Waals surface area contributed by atoms with Crippen LogP contribution in [-0.4, -0.2) is 11.0 Å². The molecule has 0 bridgehead atoms. The molecule has 0 radical (unpaired) electrons. The second-order valence-corrected chi connectivity index (χ2v) is 6.26. The Morgan fingerprint density at radius 3 is 2.59 bits per heavy atom. The van der Waals surface area contributed by atoms with Crippen LogP contribution < -0.4 is 0 Å². The number of benzene rings is 1. The molecule has 0 aliphatic rings. The van der Waals surface area contributed by atoms with Gasteiger partial charge in [0.25, 0.3) is 0 Å². The van der Waals surface area contributed by atoms with E-state index in [4.69, 9.17) is 4.74 Å². The highest BCUT2D eigenvalue weighted by molar-refractivity contribution is 14.1. The van der Waals surface area contributed by atoms with Crippen molar-refractivity contribution < 1.29 is 9.13 Å². The van der Waals surface area contributed by atoms with E-state index in [9.17, 15) is 4.39 Å². The monoisotopic (exact) mass is 350 g/mol. The van der Waals surface area contributed by atoms with Gasteiger partial charge in [0.15, 0.2) is 0 Å². The molecule has 0 saturated carbocycles. The van der Waals surface area contributed by atoms with Crippen LogP contribution >= 0.6 is 22.6 Å². The first-order valence-electron chi connectivity index (χ1n) is 5.85. The summed E-state index contributed by atoms with van der Waals surface area (Å²) >= 11 is 2.28. The van der Waals surface area contributed by atoms with Gasteiger partial charge < -0.3 is 4.74 Å². The summed E-state index contributed by atoms with van der Waals surface area (Å²) in [6.45, 7) is 7.29. The van der Waals surface area contributed by atoms with Gasteiger partial charge in [-0.25, -0.2) is 4.39 Å². The molecule has 1 aromatic carbocycles. The highest BCUT2D eigenvalue weighted by Crippen LogP contribution is 2.24. The minimum absolute atomic E-state index is 0.00588. The van der Waals surface area contributed by atoms with Crippen molar-refractivity contribution in [1.29, 1.82) is 0 Å². The van der Waals surface area contributed by atoms with E-state index in [1.807, 2.05) is 6.07 Å². The summed E-state index contributed by atoms with van der Waals surface area (Å²) in [5, 5.41) is 0. The maximum absolute atomic E-state index is 13.1. The molecule has 17 heavy (non-hydrogen) atoms. The standard InChI is InChI=1S/C14H20FIO/c1-14(2,3)7-8-17-13(10-16)11-5-4-6-12(15)9-11/h4-6,9,13H,7-8,10H2,1-3H3. The number of ether oxygens (including phenoxy) is 1. The zero-order valence-electron chi connectivity index (χ0n) is 10.7. The van der Waals surface area contributed by atoms with Crippen LogP contribution in [0.5, 0.6) is 0 Å². The Hall–Kier alpha value is -0.160. The van der Waals surface area contributed by atoms with Gasteiger partial charge in [0.05, 0.1) is 6.10 Å². The van der Waals surface area contributed by atoms with E-state index in [-0.39, 0.29) is 17.3 Å². The van der Waals surface area contributed by atoms with Crippen molar-refractivity contribution in [3.05, 3.63) is 35.6 Å². The lowest BCUT2D eigenvalue weighted by Crippen LogP contribution is -2.13. The van der Waals surface area contributed by atoms with Crippen LogP contribution in [0.25, 0.3) is 0 Å². The van der Waals surface area contributed by atoms with Crippen LogP contribution in [0.1, 0.15) is 38.9 Å². The van der Waals surface area contributed by atoms with Gasteiger partial charge in [-0.3, -0.25) is 0 Å². The molecule has 0 saturated heterocycles. The average Bonchev–Trinajstić information content (AvgIpc) is 2.23. The predicted octanol–water partition coefficient (Wildman–Crippen LogP) is 4.75. The van der Waals surface area contributed by atoms with Crippen LogP contribution in [0.2, 0.25) is 0 Å². The summed E-state index contributed by atoms with van der Waals surface area (Å²) in [5.41, 5.74) is 1.20. The lowest BCUT2D eigenvalue weighted by atomic mass is 9.93. The van der Waals surface area contributed by atoms with Gasteiger partial charge in [-0.15, -0.1) is 0 Å².